The maximum absolute atomic E-state index is 12.8. The number of nitrogens with two attached hydrogens (primary N) is 1. The Hall–Kier alpha value is -0.760. The fourth-order valence-electron chi connectivity index (χ4n) is 1.90. The highest BCUT2D eigenvalue weighted by atomic mass is 32.2. The molecule has 0 aromatic rings. The van der Waals surface area contributed by atoms with Gasteiger partial charge in [-0.25, -0.2) is 17.2 Å². The zero-order valence-corrected chi connectivity index (χ0v) is 10.8. The molecule has 0 aliphatic heterocycles. The number of sulfone groups is 1. The highest BCUT2D eigenvalue weighted by molar-refractivity contribution is 7.92. The number of alkyl halides is 2. The SMILES string of the molecule is NCC(F)(F)CNC(=O)CS(=O)(=O)C1CCCC1. The second-order valence-corrected chi connectivity index (χ2v) is 6.83. The third-order valence-electron chi connectivity index (χ3n) is 2.99. The molecule has 0 radical (unpaired) electrons. The highest BCUT2D eigenvalue weighted by Gasteiger charge is 2.32. The van der Waals surface area contributed by atoms with Crippen molar-refractivity contribution in [2.24, 2.45) is 5.73 Å². The Bertz CT molecular complexity index is 392. The van der Waals surface area contributed by atoms with Crippen LogP contribution >= 0.6 is 0 Å². The lowest BCUT2D eigenvalue weighted by molar-refractivity contribution is -0.120. The summed E-state index contributed by atoms with van der Waals surface area (Å²) in [4.78, 5) is 11.3. The monoisotopic (exact) mass is 284 g/mol. The minimum absolute atomic E-state index is 0.502. The summed E-state index contributed by atoms with van der Waals surface area (Å²) in [5.41, 5.74) is 4.80. The zero-order chi connectivity index (χ0) is 13.8. The normalized spacial score (nSPS) is 17.9. The minimum Gasteiger partial charge on any atom is -0.349 e. The summed E-state index contributed by atoms with van der Waals surface area (Å²) in [6, 6.07) is 0. The van der Waals surface area contributed by atoms with Gasteiger partial charge in [0.2, 0.25) is 5.91 Å². The van der Waals surface area contributed by atoms with E-state index in [1.165, 1.54) is 0 Å². The largest absolute Gasteiger partial charge is 0.349 e. The molecule has 18 heavy (non-hydrogen) atoms. The molecule has 5 nitrogen and oxygen atoms in total. The summed E-state index contributed by atoms with van der Waals surface area (Å²) < 4.78 is 49.0. The van der Waals surface area contributed by atoms with E-state index in [0.29, 0.717) is 12.8 Å². The molecule has 1 rings (SSSR count). The van der Waals surface area contributed by atoms with Gasteiger partial charge in [0.15, 0.2) is 9.84 Å². The number of nitrogens with one attached hydrogen (secondary N) is 1. The topological polar surface area (TPSA) is 89.3 Å². The first-order valence-electron chi connectivity index (χ1n) is 5.83. The van der Waals surface area contributed by atoms with E-state index in [-0.39, 0.29) is 0 Å². The molecule has 106 valence electrons. The fraction of sp³-hybridized carbons (Fsp3) is 0.900. The Balaban J connectivity index is 2.44. The van der Waals surface area contributed by atoms with Crippen LogP contribution in [0.4, 0.5) is 8.78 Å². The first kappa shape index (κ1) is 15.3. The third-order valence-corrected chi connectivity index (χ3v) is 5.14. The van der Waals surface area contributed by atoms with Gasteiger partial charge in [-0.2, -0.15) is 0 Å². The van der Waals surface area contributed by atoms with Gasteiger partial charge in [-0.3, -0.25) is 4.79 Å². The van der Waals surface area contributed by atoms with Crippen molar-refractivity contribution in [1.82, 2.24) is 5.32 Å². The number of amides is 1. The first-order valence-corrected chi connectivity index (χ1v) is 7.54. The standard InChI is InChI=1S/C10H18F2N2O3S/c11-10(12,6-13)7-14-9(15)5-18(16,17)8-3-1-2-4-8/h8H,1-7,13H2,(H,14,15). The van der Waals surface area contributed by atoms with Crippen molar-refractivity contribution >= 4 is 15.7 Å². The third kappa shape index (κ3) is 4.49. The maximum Gasteiger partial charge on any atom is 0.277 e. The van der Waals surface area contributed by atoms with E-state index in [0.717, 1.165) is 12.8 Å². The number of rotatable bonds is 6. The van der Waals surface area contributed by atoms with Crippen LogP contribution in [0.3, 0.4) is 0 Å². The van der Waals surface area contributed by atoms with Gasteiger partial charge in [-0.05, 0) is 12.8 Å². The Kier molecular flexibility index (Phi) is 5.03. The quantitative estimate of drug-likeness (QED) is 0.721. The lowest BCUT2D eigenvalue weighted by Gasteiger charge is -2.15. The predicted octanol–water partition coefficient (Wildman–Crippen LogP) is 0.0540. The highest BCUT2D eigenvalue weighted by Crippen LogP contribution is 2.25. The Labute approximate surface area is 105 Å². The summed E-state index contributed by atoms with van der Waals surface area (Å²) in [7, 11) is -3.52. The second-order valence-electron chi connectivity index (χ2n) is 4.55. The summed E-state index contributed by atoms with van der Waals surface area (Å²) in [6.07, 6.45) is 2.76. The molecule has 8 heteroatoms. The molecule has 1 amide bonds. The average Bonchev–Trinajstić information content (AvgIpc) is 2.80. The lowest BCUT2D eigenvalue weighted by Crippen LogP contribution is -2.44. The smallest absolute Gasteiger partial charge is 0.277 e. The first-order chi connectivity index (χ1) is 8.27. The van der Waals surface area contributed by atoms with Gasteiger partial charge in [0.05, 0.1) is 18.3 Å². The summed E-state index contributed by atoms with van der Waals surface area (Å²) in [5.74, 6) is -4.82. The Morgan fingerprint density at radius 1 is 1.33 bits per heavy atom. The van der Waals surface area contributed by atoms with Gasteiger partial charge < -0.3 is 11.1 Å². The number of hydrogen-bond acceptors (Lipinski definition) is 4. The van der Waals surface area contributed by atoms with E-state index in [1.807, 2.05) is 5.32 Å². The Morgan fingerprint density at radius 2 is 1.89 bits per heavy atom. The van der Waals surface area contributed by atoms with Crippen LogP contribution in [0.2, 0.25) is 0 Å². The number of hydrogen-bond donors (Lipinski definition) is 2. The van der Waals surface area contributed by atoms with Gasteiger partial charge in [-0.1, -0.05) is 12.8 Å². The van der Waals surface area contributed by atoms with Gasteiger partial charge in [0.1, 0.15) is 5.75 Å². The van der Waals surface area contributed by atoms with Gasteiger partial charge >= 0.3 is 0 Å². The van der Waals surface area contributed by atoms with Crippen molar-refractivity contribution in [2.45, 2.75) is 36.9 Å². The summed E-state index contributed by atoms with van der Waals surface area (Å²) >= 11 is 0. The molecule has 0 unspecified atom stereocenters. The Morgan fingerprint density at radius 3 is 2.39 bits per heavy atom. The molecule has 0 atom stereocenters. The average molecular weight is 284 g/mol. The van der Waals surface area contributed by atoms with Gasteiger partial charge in [-0.15, -0.1) is 0 Å². The van der Waals surface area contributed by atoms with Crippen molar-refractivity contribution in [1.29, 1.82) is 0 Å². The minimum atomic E-state index is -3.52. The van der Waals surface area contributed by atoms with E-state index in [1.54, 1.807) is 0 Å². The predicted molar refractivity (Wildman–Crippen MR) is 63.1 cm³/mol. The van der Waals surface area contributed by atoms with Gasteiger partial charge in [0, 0.05) is 0 Å². The molecule has 0 spiro atoms. The molecule has 0 bridgehead atoms. The molecule has 1 saturated carbocycles. The van der Waals surface area contributed by atoms with E-state index in [9.17, 15) is 22.0 Å². The van der Waals surface area contributed by atoms with Crippen LogP contribution < -0.4 is 11.1 Å². The molecule has 1 aliphatic rings. The maximum atomic E-state index is 12.8. The van der Waals surface area contributed by atoms with Crippen molar-refractivity contribution < 1.29 is 22.0 Å². The van der Waals surface area contributed by atoms with Gasteiger partial charge in [0.25, 0.3) is 5.92 Å². The molecule has 0 heterocycles. The van der Waals surface area contributed by atoms with Crippen LogP contribution in [0.25, 0.3) is 0 Å². The zero-order valence-electron chi connectivity index (χ0n) is 9.99. The summed E-state index contributed by atoms with van der Waals surface area (Å²) in [6.45, 7) is -1.81. The molecule has 0 saturated heterocycles. The van der Waals surface area contributed by atoms with Crippen LogP contribution in [0.5, 0.6) is 0 Å². The fourth-order valence-corrected chi connectivity index (χ4v) is 3.65. The van der Waals surface area contributed by atoms with Crippen LogP contribution in [-0.4, -0.2) is 44.3 Å². The number of carbonyl (C=O) groups is 1. The van der Waals surface area contributed by atoms with Crippen LogP contribution in [0.1, 0.15) is 25.7 Å². The van der Waals surface area contributed by atoms with Crippen molar-refractivity contribution in [2.75, 3.05) is 18.8 Å². The van der Waals surface area contributed by atoms with Crippen molar-refractivity contribution in [3.05, 3.63) is 0 Å². The van der Waals surface area contributed by atoms with Crippen LogP contribution in [0.15, 0.2) is 0 Å². The molecular weight excluding hydrogens is 266 g/mol. The number of halogens is 2. The molecule has 1 aliphatic carbocycles. The van der Waals surface area contributed by atoms with E-state index in [4.69, 9.17) is 5.73 Å². The molecule has 0 aromatic heterocycles. The molecule has 1 fully saturated rings. The van der Waals surface area contributed by atoms with Crippen molar-refractivity contribution in [3.8, 4) is 0 Å². The van der Waals surface area contributed by atoms with Crippen LogP contribution in [0, 0.1) is 0 Å². The van der Waals surface area contributed by atoms with E-state index < -0.39 is 45.8 Å². The van der Waals surface area contributed by atoms with E-state index in [2.05, 4.69) is 0 Å². The second kappa shape index (κ2) is 5.92. The molecular formula is C10H18F2N2O3S. The van der Waals surface area contributed by atoms with Crippen LogP contribution in [-0.2, 0) is 14.6 Å². The number of carbonyl (C=O) groups excluding carboxylic acids is 1. The molecule has 0 aromatic carbocycles. The van der Waals surface area contributed by atoms with E-state index >= 15 is 0 Å². The lowest BCUT2D eigenvalue weighted by atomic mass is 10.3. The summed E-state index contributed by atoms with van der Waals surface area (Å²) in [5, 5.41) is 1.40. The van der Waals surface area contributed by atoms with Crippen molar-refractivity contribution in [3.63, 3.8) is 0 Å². The molecule has 3 N–H and O–H groups in total.